The molecule has 0 aromatic heterocycles. The highest BCUT2D eigenvalue weighted by atomic mass is 16.5. The summed E-state index contributed by atoms with van der Waals surface area (Å²) in [6, 6.07) is 5.80. The average molecular weight is 277 g/mol. The molecule has 1 saturated heterocycles. The fraction of sp³-hybridized carbons (Fsp3) is 0.562. The van der Waals surface area contributed by atoms with Crippen LogP contribution in [0.2, 0.25) is 0 Å². The molecule has 0 unspecified atom stereocenters. The highest BCUT2D eigenvalue weighted by molar-refractivity contribution is 5.83. The first kappa shape index (κ1) is 14.9. The van der Waals surface area contributed by atoms with Crippen LogP contribution in [0.4, 0.5) is 0 Å². The Morgan fingerprint density at radius 1 is 1.40 bits per heavy atom. The number of hydrogen-bond acceptors (Lipinski definition) is 3. The van der Waals surface area contributed by atoms with Gasteiger partial charge in [-0.2, -0.15) is 0 Å². The predicted molar refractivity (Wildman–Crippen MR) is 78.4 cm³/mol. The number of carbonyl (C=O) groups is 1. The molecule has 4 heteroatoms. The van der Waals surface area contributed by atoms with Gasteiger partial charge in [0.25, 0.3) is 0 Å². The third kappa shape index (κ3) is 2.52. The van der Waals surface area contributed by atoms with Crippen molar-refractivity contribution in [2.24, 2.45) is 0 Å². The molecule has 1 fully saturated rings. The smallest absolute Gasteiger partial charge is 0.314 e. The number of aliphatic carboxylic acids is 1. The number of ether oxygens (including phenoxy) is 1. The summed E-state index contributed by atoms with van der Waals surface area (Å²) in [5.41, 5.74) is 1.07. The molecule has 1 aliphatic rings. The third-order valence-corrected chi connectivity index (χ3v) is 4.44. The first-order chi connectivity index (χ1) is 9.53. The summed E-state index contributed by atoms with van der Waals surface area (Å²) in [6.07, 6.45) is 1.27. The van der Waals surface area contributed by atoms with Crippen molar-refractivity contribution in [3.63, 3.8) is 0 Å². The molecule has 1 N–H and O–H groups in total. The van der Waals surface area contributed by atoms with Gasteiger partial charge in [0, 0.05) is 5.56 Å². The maximum Gasteiger partial charge on any atom is 0.314 e. The fourth-order valence-corrected chi connectivity index (χ4v) is 3.05. The van der Waals surface area contributed by atoms with E-state index in [0.29, 0.717) is 18.6 Å². The van der Waals surface area contributed by atoms with Crippen LogP contribution in [0.1, 0.15) is 30.9 Å². The highest BCUT2D eigenvalue weighted by Gasteiger charge is 2.44. The van der Waals surface area contributed by atoms with Crippen molar-refractivity contribution in [3.8, 4) is 5.75 Å². The van der Waals surface area contributed by atoms with Crippen molar-refractivity contribution >= 4 is 5.97 Å². The Morgan fingerprint density at radius 3 is 2.55 bits per heavy atom. The Morgan fingerprint density at radius 2 is 2.05 bits per heavy atom. The van der Waals surface area contributed by atoms with E-state index >= 15 is 0 Å². The Hall–Kier alpha value is -1.55. The molecule has 1 heterocycles. The van der Waals surface area contributed by atoms with Gasteiger partial charge in [0.15, 0.2) is 0 Å². The van der Waals surface area contributed by atoms with Crippen molar-refractivity contribution in [1.82, 2.24) is 4.90 Å². The number of carboxylic acids is 1. The summed E-state index contributed by atoms with van der Waals surface area (Å²) in [5, 5.41) is 9.84. The second-order valence-electron chi connectivity index (χ2n) is 5.53. The van der Waals surface area contributed by atoms with E-state index < -0.39 is 11.4 Å². The number of piperidine rings is 1. The van der Waals surface area contributed by atoms with Crippen molar-refractivity contribution in [2.45, 2.75) is 32.1 Å². The van der Waals surface area contributed by atoms with Crippen LogP contribution in [-0.2, 0) is 10.2 Å². The number of benzene rings is 1. The Kier molecular flexibility index (Phi) is 4.33. The van der Waals surface area contributed by atoms with E-state index in [1.165, 1.54) is 0 Å². The van der Waals surface area contributed by atoms with Gasteiger partial charge in [0.1, 0.15) is 5.75 Å². The van der Waals surface area contributed by atoms with Gasteiger partial charge in [0.05, 0.1) is 12.5 Å². The Balaban J connectivity index is 2.44. The molecule has 1 aromatic carbocycles. The lowest BCUT2D eigenvalue weighted by molar-refractivity contribution is -0.146. The molecule has 4 nitrogen and oxygen atoms in total. The fourth-order valence-electron chi connectivity index (χ4n) is 3.05. The summed E-state index contributed by atoms with van der Waals surface area (Å²) in [6.45, 7) is 6.71. The molecule has 0 spiro atoms. The molecule has 1 aliphatic heterocycles. The van der Waals surface area contributed by atoms with E-state index in [1.807, 2.05) is 25.1 Å². The zero-order valence-electron chi connectivity index (χ0n) is 12.5. The van der Waals surface area contributed by atoms with Gasteiger partial charge in [-0.15, -0.1) is 0 Å². The second-order valence-corrected chi connectivity index (χ2v) is 5.53. The van der Waals surface area contributed by atoms with E-state index in [1.54, 1.807) is 7.11 Å². The van der Waals surface area contributed by atoms with Gasteiger partial charge in [-0.05, 0) is 45.5 Å². The molecule has 0 bridgehead atoms. The van der Waals surface area contributed by atoms with E-state index in [4.69, 9.17) is 4.74 Å². The molecule has 2 rings (SSSR count). The molecule has 1 aromatic rings. The number of likely N-dealkylation sites (tertiary alicyclic amines) is 1. The number of carboxylic acid groups (broad SMARTS) is 1. The summed E-state index contributed by atoms with van der Waals surface area (Å²) in [4.78, 5) is 14.3. The first-order valence-corrected chi connectivity index (χ1v) is 7.14. The van der Waals surface area contributed by atoms with Crippen molar-refractivity contribution in [3.05, 3.63) is 29.3 Å². The quantitative estimate of drug-likeness (QED) is 0.918. The van der Waals surface area contributed by atoms with Gasteiger partial charge in [0.2, 0.25) is 0 Å². The maximum absolute atomic E-state index is 12.0. The lowest BCUT2D eigenvalue weighted by Gasteiger charge is -2.39. The van der Waals surface area contributed by atoms with E-state index in [0.717, 1.165) is 30.8 Å². The lowest BCUT2D eigenvalue weighted by Crippen LogP contribution is -2.47. The number of methoxy groups -OCH3 is 1. The summed E-state index contributed by atoms with van der Waals surface area (Å²) >= 11 is 0. The third-order valence-electron chi connectivity index (χ3n) is 4.44. The minimum Gasteiger partial charge on any atom is -0.496 e. The van der Waals surface area contributed by atoms with Crippen LogP contribution in [-0.4, -0.2) is 42.7 Å². The van der Waals surface area contributed by atoms with E-state index in [2.05, 4.69) is 11.8 Å². The Labute approximate surface area is 120 Å². The van der Waals surface area contributed by atoms with Crippen LogP contribution < -0.4 is 4.74 Å². The molecule has 0 atom stereocenters. The molecule has 0 saturated carbocycles. The number of rotatable bonds is 4. The van der Waals surface area contributed by atoms with Crippen molar-refractivity contribution in [2.75, 3.05) is 26.7 Å². The SMILES string of the molecule is CCN1CCC(C(=O)O)(c2cc(C)ccc2OC)CC1. The molecular weight excluding hydrogens is 254 g/mol. The van der Waals surface area contributed by atoms with Crippen molar-refractivity contribution in [1.29, 1.82) is 0 Å². The summed E-state index contributed by atoms with van der Waals surface area (Å²) in [5.74, 6) is -0.0555. The summed E-state index contributed by atoms with van der Waals surface area (Å²) in [7, 11) is 1.60. The van der Waals surface area contributed by atoms with Gasteiger partial charge in [-0.25, -0.2) is 0 Å². The molecule has 110 valence electrons. The number of aryl methyl sites for hydroxylation is 1. The standard InChI is InChI=1S/C16H23NO3/c1-4-17-9-7-16(8-10-17,15(18)19)13-11-12(2)5-6-14(13)20-3/h5-6,11H,4,7-10H2,1-3H3,(H,18,19). The van der Waals surface area contributed by atoms with Crippen LogP contribution >= 0.6 is 0 Å². The molecule has 0 amide bonds. The zero-order valence-corrected chi connectivity index (χ0v) is 12.5. The van der Waals surface area contributed by atoms with Crippen LogP contribution in [0.3, 0.4) is 0 Å². The van der Waals surface area contributed by atoms with Gasteiger partial charge in [-0.3, -0.25) is 4.79 Å². The van der Waals surface area contributed by atoms with Gasteiger partial charge < -0.3 is 14.7 Å². The topological polar surface area (TPSA) is 49.8 Å². The van der Waals surface area contributed by atoms with Crippen LogP contribution in [0.5, 0.6) is 5.75 Å². The van der Waals surface area contributed by atoms with Crippen LogP contribution in [0.15, 0.2) is 18.2 Å². The maximum atomic E-state index is 12.0. The van der Waals surface area contributed by atoms with Gasteiger partial charge >= 0.3 is 5.97 Å². The normalized spacial score (nSPS) is 18.8. The average Bonchev–Trinajstić information content (AvgIpc) is 2.47. The van der Waals surface area contributed by atoms with E-state index in [9.17, 15) is 9.90 Å². The highest BCUT2D eigenvalue weighted by Crippen LogP contribution is 2.41. The monoisotopic (exact) mass is 277 g/mol. The molecular formula is C16H23NO3. The minimum atomic E-state index is -0.816. The van der Waals surface area contributed by atoms with E-state index in [-0.39, 0.29) is 0 Å². The molecule has 0 aliphatic carbocycles. The Bertz CT molecular complexity index is 490. The van der Waals surface area contributed by atoms with Crippen LogP contribution in [0, 0.1) is 6.92 Å². The zero-order chi connectivity index (χ0) is 14.8. The number of hydrogen-bond donors (Lipinski definition) is 1. The molecule has 0 radical (unpaired) electrons. The van der Waals surface area contributed by atoms with Gasteiger partial charge in [-0.1, -0.05) is 24.6 Å². The second kappa shape index (κ2) is 5.83. The minimum absolute atomic E-state index is 0.635. The summed E-state index contributed by atoms with van der Waals surface area (Å²) < 4.78 is 5.40. The van der Waals surface area contributed by atoms with Crippen LogP contribution in [0.25, 0.3) is 0 Å². The predicted octanol–water partition coefficient (Wildman–Crippen LogP) is 2.44. The first-order valence-electron chi connectivity index (χ1n) is 7.14. The van der Waals surface area contributed by atoms with Crippen molar-refractivity contribution < 1.29 is 14.6 Å². The number of nitrogens with zero attached hydrogens (tertiary/aromatic N) is 1. The molecule has 20 heavy (non-hydrogen) atoms. The largest absolute Gasteiger partial charge is 0.496 e. The lowest BCUT2D eigenvalue weighted by atomic mass is 9.72.